The number of furan rings is 1. The lowest BCUT2D eigenvalue weighted by Gasteiger charge is -2.49. The fourth-order valence-electron chi connectivity index (χ4n) is 3.73. The van der Waals surface area contributed by atoms with Gasteiger partial charge in [-0.25, -0.2) is 4.79 Å². The van der Waals surface area contributed by atoms with Crippen LogP contribution in [-0.2, 0) is 25.7 Å². The number of carboxylic acid groups (broad SMARTS) is 1. The highest BCUT2D eigenvalue weighted by Crippen LogP contribution is 2.40. The van der Waals surface area contributed by atoms with E-state index >= 15 is 0 Å². The standard InChI is InChI=1S/C24H24N2O9S/c1-3-32-15-4-6-16(7-5-15)34-11-17-8-9-18(35-17)21(28)25-19-22(29)26-20(24(30)31)14(10-33-13(2)27)12-36-23(19)26/h4-9,19,23H,3,10-12H2,1-2H3,(H,25,28)(H,30,31)/t19-,23-/m1/s1. The monoisotopic (exact) mass is 516 g/mol. The third kappa shape index (κ3) is 5.33. The van der Waals surface area contributed by atoms with Gasteiger partial charge in [0.15, 0.2) is 5.76 Å². The van der Waals surface area contributed by atoms with Crippen molar-refractivity contribution in [3.63, 3.8) is 0 Å². The smallest absolute Gasteiger partial charge is 0.352 e. The summed E-state index contributed by atoms with van der Waals surface area (Å²) in [5.74, 6) is -1.05. The first-order chi connectivity index (χ1) is 17.3. The molecule has 0 saturated carbocycles. The highest BCUT2D eigenvalue weighted by molar-refractivity contribution is 8.00. The van der Waals surface area contributed by atoms with E-state index in [0.717, 1.165) is 10.6 Å². The molecule has 2 aromatic rings. The van der Waals surface area contributed by atoms with Gasteiger partial charge in [-0.3, -0.25) is 19.3 Å². The Morgan fingerprint density at radius 1 is 1.11 bits per heavy atom. The molecule has 4 rings (SSSR count). The summed E-state index contributed by atoms with van der Waals surface area (Å²) in [5, 5.41) is 11.6. The van der Waals surface area contributed by atoms with Crippen LogP contribution in [0.3, 0.4) is 0 Å². The Kier molecular flexibility index (Phi) is 7.53. The van der Waals surface area contributed by atoms with E-state index in [9.17, 15) is 24.3 Å². The molecule has 36 heavy (non-hydrogen) atoms. The van der Waals surface area contributed by atoms with Crippen LogP contribution >= 0.6 is 11.8 Å². The van der Waals surface area contributed by atoms with Gasteiger partial charge in [-0.1, -0.05) is 0 Å². The van der Waals surface area contributed by atoms with Gasteiger partial charge >= 0.3 is 11.9 Å². The van der Waals surface area contributed by atoms with Gasteiger partial charge in [0.05, 0.1) is 6.61 Å². The second-order valence-corrected chi connectivity index (χ2v) is 8.96. The second kappa shape index (κ2) is 10.8. The molecule has 0 unspecified atom stereocenters. The molecule has 0 radical (unpaired) electrons. The van der Waals surface area contributed by atoms with Crippen LogP contribution in [0, 0.1) is 0 Å². The van der Waals surface area contributed by atoms with Crippen molar-refractivity contribution < 1.29 is 42.9 Å². The highest BCUT2D eigenvalue weighted by atomic mass is 32.2. The largest absolute Gasteiger partial charge is 0.494 e. The van der Waals surface area contributed by atoms with E-state index < -0.39 is 35.2 Å². The van der Waals surface area contributed by atoms with Crippen molar-refractivity contribution >= 4 is 35.5 Å². The summed E-state index contributed by atoms with van der Waals surface area (Å²) >= 11 is 1.28. The molecule has 1 fully saturated rings. The van der Waals surface area contributed by atoms with Crippen molar-refractivity contribution in [3.8, 4) is 11.5 Å². The summed E-state index contributed by atoms with van der Waals surface area (Å²) < 4.78 is 21.5. The Balaban J connectivity index is 1.35. The van der Waals surface area contributed by atoms with Crippen molar-refractivity contribution in [1.29, 1.82) is 0 Å². The second-order valence-electron chi connectivity index (χ2n) is 7.86. The van der Waals surface area contributed by atoms with Gasteiger partial charge in [0, 0.05) is 18.2 Å². The number of esters is 1. The molecule has 1 aromatic carbocycles. The Morgan fingerprint density at radius 2 is 1.81 bits per heavy atom. The number of hydrogen-bond acceptors (Lipinski definition) is 9. The van der Waals surface area contributed by atoms with E-state index in [2.05, 4.69) is 5.32 Å². The molecule has 190 valence electrons. The molecular weight excluding hydrogens is 492 g/mol. The highest BCUT2D eigenvalue weighted by Gasteiger charge is 2.54. The summed E-state index contributed by atoms with van der Waals surface area (Å²) in [6, 6.07) is 9.24. The van der Waals surface area contributed by atoms with Gasteiger partial charge in [-0.05, 0) is 43.3 Å². The van der Waals surface area contributed by atoms with Crippen LogP contribution in [0.1, 0.15) is 30.2 Å². The van der Waals surface area contributed by atoms with Crippen molar-refractivity contribution in [2.45, 2.75) is 31.9 Å². The number of carboxylic acids is 1. The molecule has 2 amide bonds. The minimum absolute atomic E-state index is 0.00287. The fourth-order valence-corrected chi connectivity index (χ4v) is 5.05. The van der Waals surface area contributed by atoms with Gasteiger partial charge in [0.1, 0.15) is 47.6 Å². The van der Waals surface area contributed by atoms with Crippen molar-refractivity contribution in [2.24, 2.45) is 0 Å². The number of nitrogens with zero attached hydrogens (tertiary/aromatic N) is 1. The van der Waals surface area contributed by atoms with Gasteiger partial charge in [-0.15, -0.1) is 11.8 Å². The average molecular weight is 517 g/mol. The number of aliphatic carboxylic acids is 1. The van der Waals surface area contributed by atoms with Gasteiger partial charge in [-0.2, -0.15) is 0 Å². The zero-order valence-corrected chi connectivity index (χ0v) is 20.3. The zero-order chi connectivity index (χ0) is 25.8. The minimum atomic E-state index is -1.30. The normalized spacial score (nSPS) is 18.7. The van der Waals surface area contributed by atoms with E-state index in [1.165, 1.54) is 24.8 Å². The Labute approximate surface area is 210 Å². The molecule has 1 saturated heterocycles. The average Bonchev–Trinajstić information content (AvgIpc) is 3.34. The lowest BCUT2D eigenvalue weighted by atomic mass is 10.0. The maximum atomic E-state index is 12.7. The topological polar surface area (TPSA) is 145 Å². The molecule has 0 spiro atoms. The molecular formula is C24H24N2O9S. The molecule has 0 aliphatic carbocycles. The Morgan fingerprint density at radius 3 is 2.44 bits per heavy atom. The van der Waals surface area contributed by atoms with E-state index in [-0.39, 0.29) is 30.4 Å². The van der Waals surface area contributed by atoms with Crippen LogP contribution in [-0.4, -0.2) is 64.1 Å². The van der Waals surface area contributed by atoms with Crippen molar-refractivity contribution in [1.82, 2.24) is 10.2 Å². The third-order valence-electron chi connectivity index (χ3n) is 5.39. The third-order valence-corrected chi connectivity index (χ3v) is 6.73. The van der Waals surface area contributed by atoms with E-state index in [1.54, 1.807) is 30.3 Å². The van der Waals surface area contributed by atoms with E-state index in [4.69, 9.17) is 18.6 Å². The molecule has 2 atom stereocenters. The number of rotatable bonds is 10. The zero-order valence-electron chi connectivity index (χ0n) is 19.5. The quantitative estimate of drug-likeness (QED) is 0.356. The van der Waals surface area contributed by atoms with Gasteiger partial charge in [0.2, 0.25) is 0 Å². The van der Waals surface area contributed by atoms with Crippen molar-refractivity contribution in [2.75, 3.05) is 19.0 Å². The number of β-lactam (4-membered cyclic amide) rings is 1. The molecule has 2 aliphatic heterocycles. The summed E-state index contributed by atoms with van der Waals surface area (Å²) in [4.78, 5) is 49.4. The summed E-state index contributed by atoms with van der Waals surface area (Å²) in [7, 11) is 0. The number of nitrogens with one attached hydrogen (secondary N) is 1. The molecule has 2 aliphatic rings. The maximum Gasteiger partial charge on any atom is 0.352 e. The minimum Gasteiger partial charge on any atom is -0.494 e. The number of carbonyl (C=O) groups excluding carboxylic acids is 3. The predicted octanol–water partition coefficient (Wildman–Crippen LogP) is 2.17. The van der Waals surface area contributed by atoms with Crippen LogP contribution < -0.4 is 14.8 Å². The molecule has 11 nitrogen and oxygen atoms in total. The molecule has 2 N–H and O–H groups in total. The Hall–Kier alpha value is -3.93. The van der Waals surface area contributed by atoms with Crippen LogP contribution in [0.15, 0.2) is 52.1 Å². The van der Waals surface area contributed by atoms with E-state index in [1.807, 2.05) is 6.92 Å². The number of amides is 2. The van der Waals surface area contributed by atoms with Crippen LogP contribution in [0.4, 0.5) is 0 Å². The van der Waals surface area contributed by atoms with Gasteiger partial charge < -0.3 is 29.1 Å². The number of thioether (sulfide) groups is 1. The fraction of sp³-hybridized carbons (Fsp3) is 0.333. The molecule has 0 bridgehead atoms. The number of hydrogen-bond donors (Lipinski definition) is 2. The number of carbonyl (C=O) groups is 4. The summed E-state index contributed by atoms with van der Waals surface area (Å²) in [5.41, 5.74) is 0.0995. The van der Waals surface area contributed by atoms with Crippen molar-refractivity contribution in [3.05, 3.63) is 59.2 Å². The predicted molar refractivity (Wildman–Crippen MR) is 126 cm³/mol. The lowest BCUT2D eigenvalue weighted by Crippen LogP contribution is -2.70. The number of ether oxygens (including phenoxy) is 3. The molecule has 1 aromatic heterocycles. The number of benzene rings is 1. The van der Waals surface area contributed by atoms with Crippen LogP contribution in [0.25, 0.3) is 0 Å². The van der Waals surface area contributed by atoms with Gasteiger partial charge in [0.25, 0.3) is 11.8 Å². The molecule has 12 heteroatoms. The van der Waals surface area contributed by atoms with Crippen LogP contribution in [0.2, 0.25) is 0 Å². The van der Waals surface area contributed by atoms with E-state index in [0.29, 0.717) is 23.7 Å². The summed E-state index contributed by atoms with van der Waals surface area (Å²) in [6.45, 7) is 3.55. The first-order valence-electron chi connectivity index (χ1n) is 11.1. The number of fused-ring (bicyclic) bond motifs is 1. The Bertz CT molecular complexity index is 1200. The lowest BCUT2D eigenvalue weighted by molar-refractivity contribution is -0.149. The summed E-state index contributed by atoms with van der Waals surface area (Å²) in [6.07, 6.45) is 0. The molecule has 3 heterocycles. The van der Waals surface area contributed by atoms with Crippen LogP contribution in [0.5, 0.6) is 11.5 Å². The first-order valence-corrected chi connectivity index (χ1v) is 12.1. The maximum absolute atomic E-state index is 12.7. The first kappa shape index (κ1) is 25.2. The SMILES string of the molecule is CCOc1ccc(OCc2ccc(C(=O)N[C@@H]3C(=O)N4C(C(=O)O)=C(COC(C)=O)CS[C@H]34)o2)cc1.